The fraction of sp³-hybridized carbons (Fsp3) is 0.488. The maximum absolute atomic E-state index is 14.7. The monoisotopic (exact) mass is 788 g/mol. The molecular formula is C41H52N6O8S. The van der Waals surface area contributed by atoms with Gasteiger partial charge in [-0.2, -0.15) is 0 Å². The van der Waals surface area contributed by atoms with Crippen molar-refractivity contribution >= 4 is 44.7 Å². The Hall–Kier alpha value is -5.18. The number of hydrogen-bond donors (Lipinski definition) is 3. The van der Waals surface area contributed by atoms with Gasteiger partial charge in [-0.05, 0) is 43.2 Å². The SMILES string of the molecule is C=CC1C[C@]1(NC(=O)[C@@H]1C[C@@H](Oc2cc(-c3ccccc3)nc3cc(OC)ccc23)CN1C(=O)[C@@H](N=C(N)OCCCC)C(C)(C)C)C(=O)NS(=O)(=O)C1CC1. The van der Waals surface area contributed by atoms with Gasteiger partial charge >= 0.3 is 0 Å². The fourth-order valence-corrected chi connectivity index (χ4v) is 8.36. The third kappa shape index (κ3) is 8.77. The topological polar surface area (TPSA) is 192 Å². The van der Waals surface area contributed by atoms with E-state index in [1.54, 1.807) is 13.2 Å². The number of amidine groups is 1. The number of amides is 3. The van der Waals surface area contributed by atoms with Gasteiger partial charge in [-0.1, -0.05) is 70.5 Å². The van der Waals surface area contributed by atoms with E-state index in [0.717, 1.165) is 18.4 Å². The smallest absolute Gasteiger partial charge is 0.282 e. The summed E-state index contributed by atoms with van der Waals surface area (Å²) in [5.74, 6) is -1.35. The molecule has 14 nitrogen and oxygen atoms in total. The molecule has 3 amide bonds. The third-order valence-corrected chi connectivity index (χ3v) is 12.3. The summed E-state index contributed by atoms with van der Waals surface area (Å²) in [4.78, 5) is 53.5. The normalized spacial score (nSPS) is 22.9. The lowest BCUT2D eigenvalue weighted by molar-refractivity contribution is -0.142. The van der Waals surface area contributed by atoms with E-state index in [9.17, 15) is 22.8 Å². The van der Waals surface area contributed by atoms with Crippen LogP contribution in [0.4, 0.5) is 0 Å². The number of likely N-dealkylation sites (tertiary alicyclic amines) is 1. The van der Waals surface area contributed by atoms with Gasteiger partial charge < -0.3 is 30.2 Å². The Kier molecular flexibility index (Phi) is 11.7. The van der Waals surface area contributed by atoms with Crippen LogP contribution in [0.2, 0.25) is 0 Å². The molecule has 2 aromatic carbocycles. The highest BCUT2D eigenvalue weighted by molar-refractivity contribution is 7.91. The summed E-state index contributed by atoms with van der Waals surface area (Å²) in [6.07, 6.45) is 3.60. The molecule has 1 aliphatic heterocycles. The molecule has 5 atom stereocenters. The van der Waals surface area contributed by atoms with E-state index in [1.165, 1.54) is 11.0 Å². The van der Waals surface area contributed by atoms with Crippen LogP contribution < -0.4 is 25.2 Å². The number of nitrogens with two attached hydrogens (primary N) is 1. The molecule has 1 unspecified atom stereocenters. The fourth-order valence-electron chi connectivity index (χ4n) is 6.99. The maximum atomic E-state index is 14.7. The lowest BCUT2D eigenvalue weighted by Gasteiger charge is -2.33. The summed E-state index contributed by atoms with van der Waals surface area (Å²) in [5.41, 5.74) is 6.03. The van der Waals surface area contributed by atoms with Gasteiger partial charge in [0.2, 0.25) is 21.8 Å². The van der Waals surface area contributed by atoms with Crippen LogP contribution in [0.15, 0.2) is 72.2 Å². The quantitative estimate of drug-likeness (QED) is 0.0857. The largest absolute Gasteiger partial charge is 0.497 e. The summed E-state index contributed by atoms with van der Waals surface area (Å²) in [6.45, 7) is 11.7. The van der Waals surface area contributed by atoms with Crippen molar-refractivity contribution in [2.24, 2.45) is 22.1 Å². The van der Waals surface area contributed by atoms with Gasteiger partial charge in [-0.25, -0.2) is 18.4 Å². The zero-order valence-corrected chi connectivity index (χ0v) is 33.4. The van der Waals surface area contributed by atoms with E-state index in [0.29, 0.717) is 47.5 Å². The van der Waals surface area contributed by atoms with E-state index in [4.69, 9.17) is 24.9 Å². The molecule has 1 aromatic heterocycles. The van der Waals surface area contributed by atoms with Crippen LogP contribution in [0.3, 0.4) is 0 Å². The molecule has 0 bridgehead atoms. The molecule has 6 rings (SSSR count). The van der Waals surface area contributed by atoms with E-state index in [-0.39, 0.29) is 25.4 Å². The average molecular weight is 789 g/mol. The number of carbonyl (C=O) groups is 3. The Bertz CT molecular complexity index is 2120. The maximum Gasteiger partial charge on any atom is 0.282 e. The zero-order chi connectivity index (χ0) is 40.4. The lowest BCUT2D eigenvalue weighted by atomic mass is 9.86. The second-order valence-corrected chi connectivity index (χ2v) is 17.8. The molecule has 0 spiro atoms. The van der Waals surface area contributed by atoms with Crippen molar-refractivity contribution in [3.8, 4) is 22.8 Å². The number of ether oxygens (including phenoxy) is 3. The Morgan fingerprint density at radius 2 is 1.88 bits per heavy atom. The molecule has 0 radical (unpaired) electrons. The van der Waals surface area contributed by atoms with Crippen molar-refractivity contribution in [3.63, 3.8) is 0 Å². The minimum Gasteiger partial charge on any atom is -0.497 e. The highest BCUT2D eigenvalue weighted by atomic mass is 32.2. The number of nitrogens with one attached hydrogen (secondary N) is 2. The molecule has 15 heteroatoms. The van der Waals surface area contributed by atoms with Crippen molar-refractivity contribution in [1.29, 1.82) is 0 Å². The zero-order valence-electron chi connectivity index (χ0n) is 32.6. The number of methoxy groups -OCH3 is 1. The summed E-state index contributed by atoms with van der Waals surface area (Å²) in [7, 11) is -2.32. The molecule has 3 aliphatic rings. The first kappa shape index (κ1) is 40.5. The number of unbranched alkanes of at least 4 members (excludes halogenated alkanes) is 1. The molecule has 2 aliphatic carbocycles. The highest BCUT2D eigenvalue weighted by Gasteiger charge is 2.62. The molecule has 1 saturated heterocycles. The minimum absolute atomic E-state index is 0.00357. The van der Waals surface area contributed by atoms with Crippen LogP contribution in [0, 0.1) is 11.3 Å². The van der Waals surface area contributed by atoms with Gasteiger partial charge in [0, 0.05) is 35.4 Å². The van der Waals surface area contributed by atoms with E-state index in [1.807, 2.05) is 76.2 Å². The summed E-state index contributed by atoms with van der Waals surface area (Å²) in [5, 5.41) is 2.90. The predicted octanol–water partition coefficient (Wildman–Crippen LogP) is 4.47. The minimum atomic E-state index is -3.90. The number of carbonyl (C=O) groups excluding carboxylic acids is 3. The highest BCUT2D eigenvalue weighted by Crippen LogP contribution is 2.46. The molecule has 300 valence electrons. The number of hydrogen-bond acceptors (Lipinski definition) is 10. The van der Waals surface area contributed by atoms with Crippen LogP contribution >= 0.6 is 0 Å². The van der Waals surface area contributed by atoms with Crippen molar-refractivity contribution in [3.05, 3.63) is 67.3 Å². The molecule has 3 fully saturated rings. The molecule has 56 heavy (non-hydrogen) atoms. The first-order valence-electron chi connectivity index (χ1n) is 19.1. The molecular weight excluding hydrogens is 737 g/mol. The van der Waals surface area contributed by atoms with Crippen LogP contribution in [0.5, 0.6) is 11.5 Å². The van der Waals surface area contributed by atoms with Crippen LogP contribution in [0.25, 0.3) is 22.2 Å². The second kappa shape index (κ2) is 16.1. The molecule has 2 saturated carbocycles. The van der Waals surface area contributed by atoms with Crippen LogP contribution in [0.1, 0.15) is 66.2 Å². The number of aliphatic imine (C=N–C) groups is 1. The molecule has 4 N–H and O–H groups in total. The molecule has 3 aromatic rings. The summed E-state index contributed by atoms with van der Waals surface area (Å²) < 4.78 is 45.5. The van der Waals surface area contributed by atoms with Gasteiger partial charge in [-0.3, -0.25) is 19.1 Å². The van der Waals surface area contributed by atoms with E-state index >= 15 is 0 Å². The first-order chi connectivity index (χ1) is 26.6. The van der Waals surface area contributed by atoms with E-state index < -0.39 is 68.1 Å². The van der Waals surface area contributed by atoms with E-state index in [2.05, 4.69) is 21.6 Å². The van der Waals surface area contributed by atoms with Gasteiger partial charge in [0.15, 0.2) is 0 Å². The summed E-state index contributed by atoms with van der Waals surface area (Å²) in [6, 6.07) is 14.6. The standard InChI is InChI=1S/C41H52N6O8S/c1-7-9-19-54-39(42)44-35(40(3,4)5)37(49)47-24-28(21-33(47)36(48)45-41(23-26(41)8-2)38(50)46-56(51,52)29-16-17-29)55-34-22-31(25-13-11-10-12-14-25)43-32-20-27(53-6)15-18-30(32)34/h8,10-15,18,20,22,26,28-29,33,35H,2,7,9,16-17,19,21,23-24H2,1,3-6H3,(H2,42,44)(H,45,48)(H,46,50)/t26?,28-,33+,35-,41-/m1/s1. The van der Waals surface area contributed by atoms with Crippen LogP contribution in [-0.4, -0.2) is 91.3 Å². The average Bonchev–Trinajstić information content (AvgIpc) is 4.10. The summed E-state index contributed by atoms with van der Waals surface area (Å²) >= 11 is 0. The first-order valence-corrected chi connectivity index (χ1v) is 20.6. The Labute approximate surface area is 328 Å². The Balaban J connectivity index is 1.35. The van der Waals surface area contributed by atoms with Gasteiger partial charge in [0.25, 0.3) is 11.9 Å². The van der Waals surface area contributed by atoms with Crippen molar-refractivity contribution in [1.82, 2.24) is 19.9 Å². The Morgan fingerprint density at radius 3 is 2.50 bits per heavy atom. The number of rotatable bonds is 15. The number of aromatic nitrogens is 1. The third-order valence-electron chi connectivity index (χ3n) is 10.5. The van der Waals surface area contributed by atoms with Crippen molar-refractivity contribution in [2.75, 3.05) is 20.3 Å². The number of benzene rings is 2. The number of nitrogens with zero attached hydrogens (tertiary/aromatic N) is 3. The Morgan fingerprint density at radius 1 is 1.14 bits per heavy atom. The van der Waals surface area contributed by atoms with Crippen molar-refractivity contribution < 1.29 is 37.0 Å². The molecule has 2 heterocycles. The van der Waals surface area contributed by atoms with Gasteiger partial charge in [0.05, 0.1) is 36.7 Å². The van der Waals surface area contributed by atoms with Crippen LogP contribution in [-0.2, 0) is 29.1 Å². The predicted molar refractivity (Wildman–Crippen MR) is 213 cm³/mol. The number of sulfonamides is 1. The second-order valence-electron chi connectivity index (χ2n) is 15.9. The number of fused-ring (bicyclic) bond motifs is 1. The lowest BCUT2D eigenvalue weighted by Crippen LogP contribution is -2.57. The van der Waals surface area contributed by atoms with Gasteiger partial charge in [0.1, 0.15) is 35.2 Å². The van der Waals surface area contributed by atoms with Crippen molar-refractivity contribution in [2.45, 2.75) is 95.2 Å². The number of pyridine rings is 1. The van der Waals surface area contributed by atoms with Gasteiger partial charge in [-0.15, -0.1) is 6.58 Å².